The number of hydrogen-bond acceptors (Lipinski definition) is 5. The van der Waals surface area contributed by atoms with E-state index in [0.29, 0.717) is 5.69 Å². The third kappa shape index (κ3) is 4.78. The number of rotatable bonds is 4. The first-order valence-corrected chi connectivity index (χ1v) is 5.67. The summed E-state index contributed by atoms with van der Waals surface area (Å²) in [6.07, 6.45) is 0.183. The fourth-order valence-electron chi connectivity index (χ4n) is 1.18. The number of nitrogens with zero attached hydrogens (tertiary/aromatic N) is 1. The van der Waals surface area contributed by atoms with Gasteiger partial charge < -0.3 is 10.1 Å². The molecule has 0 spiro atoms. The first kappa shape index (κ1) is 15.2. The van der Waals surface area contributed by atoms with E-state index in [1.54, 1.807) is 13.0 Å². The van der Waals surface area contributed by atoms with Crippen molar-refractivity contribution in [3.8, 4) is 6.07 Å². The van der Waals surface area contributed by atoms with E-state index in [1.807, 2.05) is 5.32 Å². The summed E-state index contributed by atoms with van der Waals surface area (Å²) >= 11 is 0. The Morgan fingerprint density at radius 2 is 2.05 bits per heavy atom. The molecule has 0 aliphatic carbocycles. The molecule has 1 rings (SSSR count). The highest BCUT2D eigenvalue weighted by molar-refractivity contribution is 6.05. The molecule has 0 heterocycles. The van der Waals surface area contributed by atoms with Gasteiger partial charge in [-0.25, -0.2) is 9.18 Å². The lowest BCUT2D eigenvalue weighted by atomic mass is 10.3. The second kappa shape index (κ2) is 7.53. The van der Waals surface area contributed by atoms with Gasteiger partial charge in [0.2, 0.25) is 0 Å². The van der Waals surface area contributed by atoms with Crippen molar-refractivity contribution < 1.29 is 18.7 Å². The second-order valence-corrected chi connectivity index (χ2v) is 3.50. The smallest absolute Gasteiger partial charge is 0.414 e. The maximum Gasteiger partial charge on any atom is 0.414 e. The Hall–Kier alpha value is -2.88. The number of amides is 2. The van der Waals surface area contributed by atoms with E-state index in [2.05, 4.69) is 10.1 Å². The predicted molar refractivity (Wildman–Crippen MR) is 68.9 cm³/mol. The first-order chi connectivity index (χ1) is 9.56. The van der Waals surface area contributed by atoms with E-state index in [-0.39, 0.29) is 12.2 Å². The summed E-state index contributed by atoms with van der Waals surface area (Å²) < 4.78 is 17.2. The number of halogens is 1. The van der Waals surface area contributed by atoms with Gasteiger partial charge in [-0.15, -0.1) is 0 Å². The van der Waals surface area contributed by atoms with Crippen LogP contribution in [-0.4, -0.2) is 18.6 Å². The number of anilines is 1. The molecule has 1 aromatic rings. The van der Waals surface area contributed by atoms with Gasteiger partial charge in [0.1, 0.15) is 17.5 Å². The average Bonchev–Trinajstić information content (AvgIpc) is 2.41. The van der Waals surface area contributed by atoms with E-state index in [1.165, 1.54) is 24.3 Å². The van der Waals surface area contributed by atoms with Gasteiger partial charge in [-0.1, -0.05) is 0 Å². The van der Waals surface area contributed by atoms with E-state index in [9.17, 15) is 14.0 Å². The molecule has 0 saturated carbocycles. The zero-order valence-electron chi connectivity index (χ0n) is 10.6. The molecule has 0 unspecified atom stereocenters. The van der Waals surface area contributed by atoms with Crippen molar-refractivity contribution in [3.05, 3.63) is 41.9 Å². The van der Waals surface area contributed by atoms with Gasteiger partial charge in [-0.05, 0) is 31.2 Å². The van der Waals surface area contributed by atoms with Crippen molar-refractivity contribution in [2.24, 2.45) is 0 Å². The van der Waals surface area contributed by atoms with Gasteiger partial charge in [-0.2, -0.15) is 5.26 Å². The molecular weight excluding hydrogens is 265 g/mol. The molecule has 0 fully saturated rings. The fourth-order valence-corrected chi connectivity index (χ4v) is 1.18. The molecular formula is C13H12FN3O3. The van der Waals surface area contributed by atoms with Crippen molar-refractivity contribution in [1.82, 2.24) is 5.32 Å². The third-order valence-electron chi connectivity index (χ3n) is 2.08. The Kier molecular flexibility index (Phi) is 5.72. The summed E-state index contributed by atoms with van der Waals surface area (Å²) in [5, 5.41) is 13.4. The number of nitriles is 1. The number of nitrogens with one attached hydrogen (secondary N) is 2. The van der Waals surface area contributed by atoms with Crippen LogP contribution in [0.2, 0.25) is 0 Å². The largest absolute Gasteiger partial charge is 0.450 e. The molecule has 0 aliphatic heterocycles. The quantitative estimate of drug-likeness (QED) is 0.648. The van der Waals surface area contributed by atoms with E-state index < -0.39 is 17.8 Å². The summed E-state index contributed by atoms with van der Waals surface area (Å²) in [5.41, 5.74) is 0.172. The number of carbonyl (C=O) groups excluding carboxylic acids is 2. The number of benzene rings is 1. The highest BCUT2D eigenvalue weighted by Gasteiger charge is 2.13. The van der Waals surface area contributed by atoms with Crippen molar-refractivity contribution in [3.63, 3.8) is 0 Å². The Labute approximate surface area is 114 Å². The molecule has 0 aromatic heterocycles. The molecule has 0 saturated heterocycles. The lowest BCUT2D eigenvalue weighted by Crippen LogP contribution is -2.32. The van der Waals surface area contributed by atoms with Crippen LogP contribution in [0.15, 0.2) is 36.0 Å². The molecule has 0 radical (unpaired) electrons. The highest BCUT2D eigenvalue weighted by Crippen LogP contribution is 2.08. The maximum atomic E-state index is 12.7. The molecule has 0 atom stereocenters. The fraction of sp³-hybridized carbons (Fsp3) is 0.154. The molecule has 0 bridgehead atoms. The minimum atomic E-state index is -0.930. The lowest BCUT2D eigenvalue weighted by molar-refractivity contribution is -0.116. The van der Waals surface area contributed by atoms with Gasteiger partial charge >= 0.3 is 6.09 Å². The zero-order chi connectivity index (χ0) is 15.0. The topological polar surface area (TPSA) is 91.2 Å². The van der Waals surface area contributed by atoms with Crippen molar-refractivity contribution in [2.75, 3.05) is 11.9 Å². The van der Waals surface area contributed by atoms with Gasteiger partial charge in [0.15, 0.2) is 0 Å². The van der Waals surface area contributed by atoms with Crippen LogP contribution in [0, 0.1) is 17.1 Å². The summed E-state index contributed by atoms with van der Waals surface area (Å²) in [4.78, 5) is 22.6. The minimum absolute atomic E-state index is 0.110. The number of imide groups is 1. The van der Waals surface area contributed by atoms with E-state index in [4.69, 9.17) is 5.26 Å². The molecule has 0 aliphatic rings. The number of hydrogen-bond donors (Lipinski definition) is 2. The monoisotopic (exact) mass is 277 g/mol. The molecule has 2 amide bonds. The summed E-state index contributed by atoms with van der Waals surface area (Å²) in [7, 11) is 0. The van der Waals surface area contributed by atoms with Crippen molar-refractivity contribution >= 4 is 17.7 Å². The Bertz CT molecular complexity index is 561. The Balaban J connectivity index is 2.68. The molecule has 20 heavy (non-hydrogen) atoms. The minimum Gasteiger partial charge on any atom is -0.450 e. The number of alkyl carbamates (subject to hydrolysis) is 1. The van der Waals surface area contributed by atoms with Gasteiger partial charge in [0.25, 0.3) is 5.91 Å². The van der Waals surface area contributed by atoms with Crippen LogP contribution in [-0.2, 0) is 9.53 Å². The molecule has 2 N–H and O–H groups in total. The van der Waals surface area contributed by atoms with Crippen molar-refractivity contribution in [2.45, 2.75) is 6.92 Å². The SMILES string of the molecule is CCOC(=O)NC(=O)C(C#N)=CNc1ccc(F)cc1. The second-order valence-electron chi connectivity index (χ2n) is 3.50. The van der Waals surface area contributed by atoms with Gasteiger partial charge in [-0.3, -0.25) is 10.1 Å². The van der Waals surface area contributed by atoms with Crippen LogP contribution in [0.5, 0.6) is 0 Å². The molecule has 6 nitrogen and oxygen atoms in total. The van der Waals surface area contributed by atoms with E-state index in [0.717, 1.165) is 6.20 Å². The lowest BCUT2D eigenvalue weighted by Gasteiger charge is -2.04. The van der Waals surface area contributed by atoms with Crippen LogP contribution in [0.4, 0.5) is 14.9 Å². The normalized spacial score (nSPS) is 10.3. The van der Waals surface area contributed by atoms with E-state index >= 15 is 0 Å². The number of ether oxygens (including phenoxy) is 1. The van der Waals surface area contributed by atoms with Gasteiger partial charge in [0.05, 0.1) is 6.61 Å². The average molecular weight is 277 g/mol. The third-order valence-corrected chi connectivity index (χ3v) is 2.08. The number of carbonyl (C=O) groups is 2. The van der Waals surface area contributed by atoms with Crippen LogP contribution < -0.4 is 10.6 Å². The summed E-state index contributed by atoms with van der Waals surface area (Å²) in [6.45, 7) is 1.69. The molecule has 1 aromatic carbocycles. The van der Waals surface area contributed by atoms with Crippen LogP contribution in [0.1, 0.15) is 6.92 Å². The van der Waals surface area contributed by atoms with Crippen LogP contribution >= 0.6 is 0 Å². The maximum absolute atomic E-state index is 12.7. The zero-order valence-corrected chi connectivity index (χ0v) is 10.6. The van der Waals surface area contributed by atoms with Crippen molar-refractivity contribution in [1.29, 1.82) is 5.26 Å². The van der Waals surface area contributed by atoms with Crippen LogP contribution in [0.25, 0.3) is 0 Å². The van der Waals surface area contributed by atoms with Gasteiger partial charge in [0, 0.05) is 11.9 Å². The Morgan fingerprint density at radius 1 is 1.40 bits per heavy atom. The predicted octanol–water partition coefficient (Wildman–Crippen LogP) is 1.92. The molecule has 104 valence electrons. The first-order valence-electron chi connectivity index (χ1n) is 5.67. The summed E-state index contributed by atoms with van der Waals surface area (Å²) in [6, 6.07) is 6.95. The Morgan fingerprint density at radius 3 is 2.60 bits per heavy atom. The summed E-state index contributed by atoms with van der Waals surface area (Å²) in [5.74, 6) is -1.29. The van der Waals surface area contributed by atoms with Crippen LogP contribution in [0.3, 0.4) is 0 Å². The standard InChI is InChI=1S/C13H12FN3O3/c1-2-20-13(19)17-12(18)9(7-15)8-16-11-5-3-10(14)4-6-11/h3-6,8,16H,2H2,1H3,(H,17,18,19). The highest BCUT2D eigenvalue weighted by atomic mass is 19.1. The molecule has 7 heteroatoms.